The van der Waals surface area contributed by atoms with E-state index in [1.165, 1.54) is 0 Å². The lowest BCUT2D eigenvalue weighted by Gasteiger charge is -2.25. The van der Waals surface area contributed by atoms with Crippen LogP contribution in [0.15, 0.2) is 0 Å². The molecule has 3 unspecified atom stereocenters. The van der Waals surface area contributed by atoms with Gasteiger partial charge in [-0.1, -0.05) is 0 Å². The van der Waals surface area contributed by atoms with Gasteiger partial charge in [0.15, 0.2) is 16.0 Å². The maximum Gasteiger partial charge on any atom is 0.269 e. The van der Waals surface area contributed by atoms with Crippen LogP contribution in [-0.2, 0) is 19.3 Å². The van der Waals surface area contributed by atoms with E-state index in [1.54, 1.807) is 0 Å². The van der Waals surface area contributed by atoms with Crippen molar-refractivity contribution < 1.29 is 31.1 Å². The summed E-state index contributed by atoms with van der Waals surface area (Å²) >= 11 is 0. The third-order valence-electron chi connectivity index (χ3n) is 2.88. The van der Waals surface area contributed by atoms with Gasteiger partial charge in [-0.3, -0.25) is 0 Å². The standard InChI is InChI=1S/C11H20F3NO4S/c12-9(11(13)14)3-4-18-6-10(15)19-8-2-1-5-20(16,17)7-8/h8-11H,1-7,15H2. The molecule has 1 saturated heterocycles. The highest BCUT2D eigenvalue weighted by Crippen LogP contribution is 2.16. The van der Waals surface area contributed by atoms with Gasteiger partial charge in [-0.2, -0.15) is 0 Å². The summed E-state index contributed by atoms with van der Waals surface area (Å²) in [5.41, 5.74) is 5.59. The predicted molar refractivity (Wildman–Crippen MR) is 67.1 cm³/mol. The van der Waals surface area contributed by atoms with E-state index in [4.69, 9.17) is 15.2 Å². The Balaban J connectivity index is 2.15. The molecule has 0 radical (unpaired) electrons. The summed E-state index contributed by atoms with van der Waals surface area (Å²) in [4.78, 5) is 0. The Bertz CT molecular complexity index is 380. The average molecular weight is 319 g/mol. The lowest BCUT2D eigenvalue weighted by Crippen LogP contribution is -2.39. The molecule has 20 heavy (non-hydrogen) atoms. The Hall–Kier alpha value is -0.380. The third-order valence-corrected chi connectivity index (χ3v) is 4.67. The second-order valence-electron chi connectivity index (χ2n) is 4.77. The SMILES string of the molecule is NC(COCCC(F)C(F)F)OC1CCCS(=O)(=O)C1. The number of rotatable bonds is 8. The highest BCUT2D eigenvalue weighted by molar-refractivity contribution is 7.91. The smallest absolute Gasteiger partial charge is 0.269 e. The van der Waals surface area contributed by atoms with Gasteiger partial charge in [-0.15, -0.1) is 0 Å². The lowest BCUT2D eigenvalue weighted by atomic mass is 10.2. The maximum absolute atomic E-state index is 12.5. The largest absolute Gasteiger partial charge is 0.377 e. The topological polar surface area (TPSA) is 78.6 Å². The van der Waals surface area contributed by atoms with Gasteiger partial charge in [0.05, 0.1) is 24.2 Å². The summed E-state index contributed by atoms with van der Waals surface area (Å²) in [7, 11) is -3.08. The van der Waals surface area contributed by atoms with Crippen LogP contribution in [0.4, 0.5) is 13.2 Å². The fraction of sp³-hybridized carbons (Fsp3) is 1.00. The Morgan fingerprint density at radius 1 is 1.30 bits per heavy atom. The summed E-state index contributed by atoms with van der Waals surface area (Å²) in [6, 6.07) is 0. The first-order chi connectivity index (χ1) is 9.30. The Labute approximate surface area is 116 Å². The van der Waals surface area contributed by atoms with Gasteiger partial charge in [0.2, 0.25) is 0 Å². The van der Waals surface area contributed by atoms with E-state index in [0.717, 1.165) is 0 Å². The molecule has 0 aromatic rings. The Morgan fingerprint density at radius 3 is 2.60 bits per heavy atom. The third kappa shape index (κ3) is 6.87. The first-order valence-electron chi connectivity index (χ1n) is 6.41. The van der Waals surface area contributed by atoms with E-state index < -0.39 is 41.2 Å². The molecule has 0 bridgehead atoms. The zero-order valence-corrected chi connectivity index (χ0v) is 11.8. The molecule has 1 aliphatic rings. The average Bonchev–Trinajstić information content (AvgIpc) is 2.32. The summed E-state index contributed by atoms with van der Waals surface area (Å²) in [6.07, 6.45) is -5.84. The quantitative estimate of drug-likeness (QED) is 0.531. The number of nitrogens with two attached hydrogens (primary N) is 1. The van der Waals surface area contributed by atoms with E-state index >= 15 is 0 Å². The molecule has 1 rings (SSSR count). The number of alkyl halides is 3. The fourth-order valence-corrected chi connectivity index (χ4v) is 3.48. The van der Waals surface area contributed by atoms with Crippen LogP contribution >= 0.6 is 0 Å². The zero-order valence-electron chi connectivity index (χ0n) is 11.0. The highest BCUT2D eigenvalue weighted by Gasteiger charge is 2.26. The Kier molecular flexibility index (Phi) is 7.21. The van der Waals surface area contributed by atoms with Crippen LogP contribution in [0.25, 0.3) is 0 Å². The predicted octanol–water partition coefficient (Wildman–Crippen LogP) is 0.875. The summed E-state index contributed by atoms with van der Waals surface area (Å²) in [6.45, 7) is -0.280. The minimum Gasteiger partial charge on any atom is -0.377 e. The van der Waals surface area contributed by atoms with E-state index in [1.807, 2.05) is 0 Å². The van der Waals surface area contributed by atoms with Crippen molar-refractivity contribution in [3.63, 3.8) is 0 Å². The zero-order chi connectivity index (χ0) is 15.2. The van der Waals surface area contributed by atoms with Crippen molar-refractivity contribution in [3.8, 4) is 0 Å². The molecule has 3 atom stereocenters. The van der Waals surface area contributed by atoms with E-state index in [2.05, 4.69) is 0 Å². The Morgan fingerprint density at radius 2 is 2.00 bits per heavy atom. The first kappa shape index (κ1) is 17.7. The van der Waals surface area contributed by atoms with Crippen molar-refractivity contribution in [2.45, 2.75) is 44.2 Å². The molecular weight excluding hydrogens is 299 g/mol. The molecule has 0 amide bonds. The van der Waals surface area contributed by atoms with Gasteiger partial charge >= 0.3 is 0 Å². The van der Waals surface area contributed by atoms with Crippen LogP contribution in [0.3, 0.4) is 0 Å². The van der Waals surface area contributed by atoms with Crippen molar-refractivity contribution in [2.75, 3.05) is 24.7 Å². The summed E-state index contributed by atoms with van der Waals surface area (Å²) < 4.78 is 69.3. The molecule has 1 fully saturated rings. The molecule has 120 valence electrons. The molecule has 0 spiro atoms. The van der Waals surface area contributed by atoms with Crippen molar-refractivity contribution in [1.82, 2.24) is 0 Å². The molecule has 0 aliphatic carbocycles. The molecule has 2 N–H and O–H groups in total. The van der Waals surface area contributed by atoms with Crippen LogP contribution in [0.1, 0.15) is 19.3 Å². The normalized spacial score (nSPS) is 25.6. The number of hydrogen-bond donors (Lipinski definition) is 1. The molecular formula is C11H20F3NO4S. The molecule has 0 aromatic carbocycles. The van der Waals surface area contributed by atoms with Crippen molar-refractivity contribution >= 4 is 9.84 Å². The minimum absolute atomic E-state index is 0.0708. The van der Waals surface area contributed by atoms with Crippen LogP contribution in [0.5, 0.6) is 0 Å². The molecule has 0 aromatic heterocycles. The van der Waals surface area contributed by atoms with Crippen LogP contribution in [0.2, 0.25) is 0 Å². The second kappa shape index (κ2) is 8.16. The van der Waals surface area contributed by atoms with Crippen molar-refractivity contribution in [1.29, 1.82) is 0 Å². The first-order valence-corrected chi connectivity index (χ1v) is 8.24. The van der Waals surface area contributed by atoms with Crippen LogP contribution in [0, 0.1) is 0 Å². The summed E-state index contributed by atoms with van der Waals surface area (Å²) in [5, 5.41) is 0. The highest BCUT2D eigenvalue weighted by atomic mass is 32.2. The maximum atomic E-state index is 12.5. The van der Waals surface area contributed by atoms with Gasteiger partial charge in [0, 0.05) is 13.0 Å². The van der Waals surface area contributed by atoms with Crippen LogP contribution in [-0.4, -0.2) is 58.1 Å². The molecule has 9 heteroatoms. The fourth-order valence-electron chi connectivity index (χ4n) is 1.90. The monoisotopic (exact) mass is 319 g/mol. The van der Waals surface area contributed by atoms with E-state index in [9.17, 15) is 21.6 Å². The summed E-state index contributed by atoms with van der Waals surface area (Å²) in [5.74, 6) is 0.0861. The number of hydrogen-bond acceptors (Lipinski definition) is 5. The van der Waals surface area contributed by atoms with E-state index in [-0.39, 0.29) is 24.7 Å². The number of sulfone groups is 1. The minimum atomic E-state index is -3.08. The molecule has 1 aliphatic heterocycles. The van der Waals surface area contributed by atoms with Gasteiger partial charge in [-0.25, -0.2) is 21.6 Å². The molecule has 0 saturated carbocycles. The lowest BCUT2D eigenvalue weighted by molar-refractivity contribution is -0.0556. The van der Waals surface area contributed by atoms with Crippen molar-refractivity contribution in [2.24, 2.45) is 5.73 Å². The number of ether oxygens (including phenoxy) is 2. The van der Waals surface area contributed by atoms with Gasteiger partial charge in [0.1, 0.15) is 6.23 Å². The number of halogens is 3. The van der Waals surface area contributed by atoms with Crippen molar-refractivity contribution in [3.05, 3.63) is 0 Å². The van der Waals surface area contributed by atoms with Gasteiger partial charge < -0.3 is 15.2 Å². The second-order valence-corrected chi connectivity index (χ2v) is 7.00. The molecule has 5 nitrogen and oxygen atoms in total. The van der Waals surface area contributed by atoms with Crippen LogP contribution < -0.4 is 5.73 Å². The molecule has 1 heterocycles. The van der Waals surface area contributed by atoms with Gasteiger partial charge in [-0.05, 0) is 12.8 Å². The van der Waals surface area contributed by atoms with Gasteiger partial charge in [0.25, 0.3) is 6.43 Å². The van der Waals surface area contributed by atoms with E-state index in [0.29, 0.717) is 12.8 Å².